The molecule has 0 bridgehead atoms. The second-order valence-corrected chi connectivity index (χ2v) is 10.1. The normalized spacial score (nSPS) is 15.8. The minimum absolute atomic E-state index is 0.0304. The number of carbonyl (C=O) groups excluding carboxylic acids is 1. The van der Waals surface area contributed by atoms with E-state index in [0.717, 1.165) is 0 Å². The van der Waals surface area contributed by atoms with Gasteiger partial charge in [-0.1, -0.05) is 0 Å². The molecular formula is C25H24BrFN4O4. The zero-order valence-corrected chi connectivity index (χ0v) is 21.3. The van der Waals surface area contributed by atoms with E-state index in [0.29, 0.717) is 29.4 Å². The number of nitriles is 1. The van der Waals surface area contributed by atoms with Crippen LogP contribution >= 0.6 is 15.9 Å². The number of benzene rings is 2. The summed E-state index contributed by atoms with van der Waals surface area (Å²) in [7, 11) is 1.35. The molecule has 35 heavy (non-hydrogen) atoms. The van der Waals surface area contributed by atoms with E-state index in [1.807, 2.05) is 6.07 Å². The molecule has 10 heteroatoms. The van der Waals surface area contributed by atoms with Crippen molar-refractivity contribution in [1.29, 1.82) is 5.26 Å². The lowest BCUT2D eigenvalue weighted by atomic mass is 10.1. The summed E-state index contributed by atoms with van der Waals surface area (Å²) < 4.78 is 27.0. The molecule has 3 aromatic rings. The smallest absolute Gasteiger partial charge is 0.410 e. The van der Waals surface area contributed by atoms with Crippen LogP contribution < -0.4 is 10.3 Å². The summed E-state index contributed by atoms with van der Waals surface area (Å²) in [6.45, 7) is 5.78. The first-order valence-electron chi connectivity index (χ1n) is 11.0. The largest absolute Gasteiger partial charge is 0.494 e. The number of fused-ring (bicyclic) bond motifs is 1. The Morgan fingerprint density at radius 1 is 1.29 bits per heavy atom. The molecule has 0 N–H and O–H groups in total. The highest BCUT2D eigenvalue weighted by atomic mass is 79.9. The van der Waals surface area contributed by atoms with Gasteiger partial charge in [0.1, 0.15) is 11.4 Å². The van der Waals surface area contributed by atoms with Crippen LogP contribution in [0.25, 0.3) is 16.6 Å². The summed E-state index contributed by atoms with van der Waals surface area (Å²) in [5.41, 5.74) is -0.322. The molecule has 1 amide bonds. The van der Waals surface area contributed by atoms with Gasteiger partial charge in [-0.05, 0) is 73.8 Å². The van der Waals surface area contributed by atoms with Gasteiger partial charge in [0.15, 0.2) is 11.6 Å². The van der Waals surface area contributed by atoms with Gasteiger partial charge < -0.3 is 9.47 Å². The summed E-state index contributed by atoms with van der Waals surface area (Å²) in [5, 5.41) is 9.58. The van der Waals surface area contributed by atoms with Gasteiger partial charge in [0, 0.05) is 17.1 Å². The Kier molecular flexibility index (Phi) is 6.56. The molecule has 2 aromatic carbocycles. The summed E-state index contributed by atoms with van der Waals surface area (Å²) in [6.07, 6.45) is 0.716. The van der Waals surface area contributed by atoms with E-state index in [2.05, 4.69) is 15.9 Å². The van der Waals surface area contributed by atoms with Crippen molar-refractivity contribution in [3.63, 3.8) is 0 Å². The second-order valence-electron chi connectivity index (χ2n) is 9.23. The third-order valence-electron chi connectivity index (χ3n) is 5.65. The summed E-state index contributed by atoms with van der Waals surface area (Å²) in [5.74, 6) is -0.339. The Morgan fingerprint density at radius 2 is 2.03 bits per heavy atom. The van der Waals surface area contributed by atoms with Crippen LogP contribution in [0.5, 0.6) is 5.75 Å². The average molecular weight is 543 g/mol. The first-order valence-corrected chi connectivity index (χ1v) is 11.8. The molecule has 1 aliphatic heterocycles. The van der Waals surface area contributed by atoms with Crippen LogP contribution in [-0.4, -0.2) is 39.8 Å². The first kappa shape index (κ1) is 24.7. The molecule has 2 heterocycles. The SMILES string of the molecule is COc1ccc(-n2c(C3CCCN3C(=O)OC(C)(C)C)nc3c(Br)cc(C#N)cc3c2=O)cc1F. The van der Waals surface area contributed by atoms with E-state index in [9.17, 15) is 19.2 Å². The maximum atomic E-state index is 14.7. The maximum Gasteiger partial charge on any atom is 0.410 e. The lowest BCUT2D eigenvalue weighted by Gasteiger charge is -2.29. The molecule has 1 fully saturated rings. The minimum atomic E-state index is -0.698. The highest BCUT2D eigenvalue weighted by Gasteiger charge is 2.36. The fourth-order valence-corrected chi connectivity index (χ4v) is 4.72. The van der Waals surface area contributed by atoms with Crippen molar-refractivity contribution in [2.24, 2.45) is 0 Å². The molecule has 4 rings (SSSR count). The predicted octanol–water partition coefficient (Wildman–Crippen LogP) is 5.24. The van der Waals surface area contributed by atoms with Crippen molar-refractivity contribution in [3.05, 3.63) is 62.4 Å². The van der Waals surface area contributed by atoms with Crippen LogP contribution in [-0.2, 0) is 4.74 Å². The summed E-state index contributed by atoms with van der Waals surface area (Å²) >= 11 is 3.42. The summed E-state index contributed by atoms with van der Waals surface area (Å²) in [4.78, 5) is 33.1. The minimum Gasteiger partial charge on any atom is -0.494 e. The lowest BCUT2D eigenvalue weighted by Crippen LogP contribution is -2.38. The molecule has 0 aliphatic carbocycles. The Bertz CT molecular complexity index is 1420. The van der Waals surface area contributed by atoms with Gasteiger partial charge in [-0.15, -0.1) is 0 Å². The molecule has 1 unspecified atom stereocenters. The van der Waals surface area contributed by atoms with Gasteiger partial charge in [-0.2, -0.15) is 5.26 Å². The van der Waals surface area contributed by atoms with Gasteiger partial charge in [0.25, 0.3) is 5.56 Å². The quantitative estimate of drug-likeness (QED) is 0.448. The van der Waals surface area contributed by atoms with E-state index < -0.39 is 29.1 Å². The molecule has 8 nitrogen and oxygen atoms in total. The number of hydrogen-bond donors (Lipinski definition) is 0. The highest BCUT2D eigenvalue weighted by molar-refractivity contribution is 9.10. The van der Waals surface area contributed by atoms with Crippen LogP contribution in [0.4, 0.5) is 9.18 Å². The van der Waals surface area contributed by atoms with Gasteiger partial charge in [-0.3, -0.25) is 14.3 Å². The molecule has 182 valence electrons. The average Bonchev–Trinajstić information content (AvgIpc) is 3.28. The third kappa shape index (κ3) is 4.73. The standard InChI is InChI=1S/C25H24BrFN4O4/c1-25(2,3)35-24(33)30-9-5-6-19(30)22-29-21-16(10-14(13-28)11-17(21)26)23(32)31(22)15-7-8-20(34-4)18(27)12-15/h7-8,10-12,19H,5-6,9H2,1-4H3. The molecule has 0 saturated carbocycles. The fourth-order valence-electron chi connectivity index (χ4n) is 4.17. The van der Waals surface area contributed by atoms with Crippen LogP contribution in [0.1, 0.15) is 51.0 Å². The number of methoxy groups -OCH3 is 1. The van der Waals surface area contributed by atoms with Gasteiger partial charge in [-0.25, -0.2) is 14.2 Å². The number of likely N-dealkylation sites (tertiary alicyclic amines) is 1. The van der Waals surface area contributed by atoms with Crippen molar-refractivity contribution < 1.29 is 18.7 Å². The van der Waals surface area contributed by atoms with Crippen molar-refractivity contribution in [1.82, 2.24) is 14.5 Å². The van der Waals surface area contributed by atoms with E-state index in [1.165, 1.54) is 29.9 Å². The topological polar surface area (TPSA) is 97.4 Å². The first-order chi connectivity index (χ1) is 16.5. The second kappa shape index (κ2) is 9.30. The Morgan fingerprint density at radius 3 is 2.66 bits per heavy atom. The molecule has 1 aliphatic rings. The van der Waals surface area contributed by atoms with Gasteiger partial charge >= 0.3 is 6.09 Å². The molecular weight excluding hydrogens is 519 g/mol. The molecule has 1 saturated heterocycles. The van der Waals surface area contributed by atoms with Crippen molar-refractivity contribution in [2.75, 3.05) is 13.7 Å². The lowest BCUT2D eigenvalue weighted by molar-refractivity contribution is 0.0216. The number of amides is 1. The Labute approximate surface area is 210 Å². The van der Waals surface area contributed by atoms with Crippen LogP contribution in [0, 0.1) is 17.1 Å². The zero-order valence-electron chi connectivity index (χ0n) is 19.8. The zero-order chi connectivity index (χ0) is 25.5. The number of aromatic nitrogens is 2. The highest BCUT2D eigenvalue weighted by Crippen LogP contribution is 2.35. The molecule has 0 spiro atoms. The number of hydrogen-bond acceptors (Lipinski definition) is 6. The number of ether oxygens (including phenoxy) is 2. The molecule has 0 radical (unpaired) electrons. The van der Waals surface area contributed by atoms with Gasteiger partial charge in [0.05, 0.1) is 41.4 Å². The van der Waals surface area contributed by atoms with Crippen molar-refractivity contribution in [2.45, 2.75) is 45.3 Å². The number of rotatable bonds is 3. The maximum absolute atomic E-state index is 14.7. The fraction of sp³-hybridized carbons (Fsp3) is 0.360. The Balaban J connectivity index is 1.98. The van der Waals surface area contributed by atoms with Crippen LogP contribution in [0.3, 0.4) is 0 Å². The van der Waals surface area contributed by atoms with E-state index >= 15 is 0 Å². The van der Waals surface area contributed by atoms with E-state index in [1.54, 1.807) is 37.8 Å². The van der Waals surface area contributed by atoms with Crippen molar-refractivity contribution in [3.8, 4) is 17.5 Å². The predicted molar refractivity (Wildman–Crippen MR) is 131 cm³/mol. The Hall–Kier alpha value is -3.45. The van der Waals surface area contributed by atoms with E-state index in [-0.39, 0.29) is 28.2 Å². The summed E-state index contributed by atoms with van der Waals surface area (Å²) in [6, 6.07) is 8.65. The third-order valence-corrected chi connectivity index (χ3v) is 6.26. The molecule has 1 aromatic heterocycles. The monoisotopic (exact) mass is 542 g/mol. The van der Waals surface area contributed by atoms with Gasteiger partial charge in [0.2, 0.25) is 0 Å². The van der Waals surface area contributed by atoms with Crippen molar-refractivity contribution >= 4 is 32.9 Å². The number of halogens is 2. The van der Waals surface area contributed by atoms with Crippen LogP contribution in [0.2, 0.25) is 0 Å². The number of nitrogens with zero attached hydrogens (tertiary/aromatic N) is 4. The van der Waals surface area contributed by atoms with E-state index in [4.69, 9.17) is 14.5 Å². The molecule has 1 atom stereocenters. The van der Waals surface area contributed by atoms with Crippen LogP contribution in [0.15, 0.2) is 39.6 Å². The number of carbonyl (C=O) groups is 1.